The minimum Gasteiger partial charge on any atom is -0.328 e. The van der Waals surface area contributed by atoms with E-state index < -0.39 is 0 Å². The van der Waals surface area contributed by atoms with Gasteiger partial charge in [0.25, 0.3) is 0 Å². The lowest BCUT2D eigenvalue weighted by atomic mass is 9.86. The highest BCUT2D eigenvalue weighted by atomic mass is 15.3. The van der Waals surface area contributed by atoms with Crippen LogP contribution in [0.25, 0.3) is 0 Å². The Balaban J connectivity index is 1.58. The summed E-state index contributed by atoms with van der Waals surface area (Å²) in [4.78, 5) is 0. The Labute approximate surface area is 121 Å². The van der Waals surface area contributed by atoms with Crippen LogP contribution < -0.4 is 0 Å². The number of hydrogen-bond donors (Lipinski definition) is 0. The number of piperidine rings is 2. The lowest BCUT2D eigenvalue weighted by Crippen LogP contribution is -2.46. The Bertz CT molecular complexity index is 235. The van der Waals surface area contributed by atoms with Gasteiger partial charge in [0, 0.05) is 0 Å². The van der Waals surface area contributed by atoms with Gasteiger partial charge in [-0.15, -0.1) is 0 Å². The molecule has 2 rings (SSSR count). The Morgan fingerprint density at radius 1 is 0.632 bits per heavy atom. The molecule has 0 saturated carbocycles. The second kappa shape index (κ2) is 6.13. The van der Waals surface area contributed by atoms with E-state index in [0.717, 1.165) is 11.8 Å². The highest BCUT2D eigenvalue weighted by molar-refractivity contribution is 4.68. The number of likely N-dealkylation sites (tertiary alicyclic amines) is 2. The zero-order valence-corrected chi connectivity index (χ0v) is 13.8. The van der Waals surface area contributed by atoms with Crippen molar-refractivity contribution in [2.75, 3.05) is 54.4 Å². The van der Waals surface area contributed by atoms with Gasteiger partial charge in [-0.1, -0.05) is 19.3 Å². The van der Waals surface area contributed by atoms with Gasteiger partial charge in [0.15, 0.2) is 0 Å². The first-order valence-corrected chi connectivity index (χ1v) is 8.50. The van der Waals surface area contributed by atoms with Gasteiger partial charge in [-0.3, -0.25) is 0 Å². The summed E-state index contributed by atoms with van der Waals surface area (Å²) in [5, 5.41) is 0. The molecule has 2 heterocycles. The fourth-order valence-corrected chi connectivity index (χ4v) is 3.91. The van der Waals surface area contributed by atoms with Crippen molar-refractivity contribution in [3.05, 3.63) is 0 Å². The van der Waals surface area contributed by atoms with Crippen LogP contribution in [-0.2, 0) is 0 Å². The SMILES string of the molecule is C[N+]1(C)CCC(CCCC2CC[N+](C)(C)CC2)CC1. The molecule has 112 valence electrons. The topological polar surface area (TPSA) is 0 Å². The van der Waals surface area contributed by atoms with Crippen LogP contribution in [0, 0.1) is 11.8 Å². The van der Waals surface area contributed by atoms with E-state index in [1.807, 2.05) is 0 Å². The molecule has 0 radical (unpaired) electrons. The van der Waals surface area contributed by atoms with Crippen LogP contribution >= 0.6 is 0 Å². The summed E-state index contributed by atoms with van der Waals surface area (Å²) in [7, 11) is 9.55. The normalized spacial score (nSPS) is 28.4. The zero-order chi connectivity index (χ0) is 13.9. The van der Waals surface area contributed by atoms with Crippen LogP contribution in [0.15, 0.2) is 0 Å². The summed E-state index contributed by atoms with van der Waals surface area (Å²) in [5.41, 5.74) is 0. The molecule has 0 N–H and O–H groups in total. The van der Waals surface area contributed by atoms with Gasteiger partial charge < -0.3 is 8.97 Å². The van der Waals surface area contributed by atoms with E-state index in [-0.39, 0.29) is 0 Å². The molecule has 0 aromatic heterocycles. The average Bonchev–Trinajstić information content (AvgIpc) is 2.33. The van der Waals surface area contributed by atoms with Crippen molar-refractivity contribution >= 4 is 0 Å². The average molecular weight is 268 g/mol. The summed E-state index contributed by atoms with van der Waals surface area (Å²) in [6, 6.07) is 0. The van der Waals surface area contributed by atoms with Crippen LogP contribution in [-0.4, -0.2) is 63.3 Å². The van der Waals surface area contributed by atoms with Gasteiger partial charge in [-0.2, -0.15) is 0 Å². The second-order valence-corrected chi connectivity index (χ2v) is 8.58. The van der Waals surface area contributed by atoms with E-state index in [1.165, 1.54) is 80.1 Å². The van der Waals surface area contributed by atoms with E-state index >= 15 is 0 Å². The van der Waals surface area contributed by atoms with Crippen LogP contribution in [0.1, 0.15) is 44.9 Å². The molecule has 0 aromatic carbocycles. The molecule has 2 nitrogen and oxygen atoms in total. The van der Waals surface area contributed by atoms with Gasteiger partial charge in [-0.25, -0.2) is 0 Å². The lowest BCUT2D eigenvalue weighted by Gasteiger charge is -2.38. The van der Waals surface area contributed by atoms with Crippen molar-refractivity contribution in [3.8, 4) is 0 Å². The quantitative estimate of drug-likeness (QED) is 0.687. The summed E-state index contributed by atoms with van der Waals surface area (Å²) in [5.74, 6) is 2.09. The van der Waals surface area contributed by atoms with E-state index in [4.69, 9.17) is 0 Å². The zero-order valence-electron chi connectivity index (χ0n) is 13.8. The molecular weight excluding hydrogens is 232 g/mol. The molecule has 2 aliphatic heterocycles. The standard InChI is InChI=1S/C17H36N2/c1-18(2)12-8-16(9-13-18)6-5-7-17-10-14-19(3,4)15-11-17/h16-17H,5-15H2,1-4H3/q+2. The smallest absolute Gasteiger partial charge is 0.0785 e. The molecule has 2 saturated heterocycles. The van der Waals surface area contributed by atoms with Gasteiger partial charge in [0.2, 0.25) is 0 Å². The molecule has 0 spiro atoms. The second-order valence-electron chi connectivity index (χ2n) is 8.58. The molecule has 2 fully saturated rings. The molecule has 0 aromatic rings. The van der Waals surface area contributed by atoms with Crippen molar-refractivity contribution in [1.29, 1.82) is 0 Å². The molecule has 2 heteroatoms. The highest BCUT2D eigenvalue weighted by Crippen LogP contribution is 2.29. The fraction of sp³-hybridized carbons (Fsp3) is 1.00. The van der Waals surface area contributed by atoms with Crippen LogP contribution in [0.4, 0.5) is 0 Å². The first kappa shape index (κ1) is 15.3. The largest absolute Gasteiger partial charge is 0.328 e. The predicted molar refractivity (Wildman–Crippen MR) is 83.0 cm³/mol. The van der Waals surface area contributed by atoms with E-state index in [0.29, 0.717) is 0 Å². The molecule has 0 atom stereocenters. The van der Waals surface area contributed by atoms with E-state index in [1.54, 1.807) is 0 Å². The number of hydrogen-bond acceptors (Lipinski definition) is 0. The third kappa shape index (κ3) is 5.07. The van der Waals surface area contributed by atoms with Crippen LogP contribution in [0.5, 0.6) is 0 Å². The Morgan fingerprint density at radius 3 is 1.26 bits per heavy atom. The fourth-order valence-electron chi connectivity index (χ4n) is 3.91. The Hall–Kier alpha value is -0.0800. The maximum atomic E-state index is 2.39. The van der Waals surface area contributed by atoms with E-state index in [2.05, 4.69) is 28.2 Å². The van der Waals surface area contributed by atoms with E-state index in [9.17, 15) is 0 Å². The molecule has 19 heavy (non-hydrogen) atoms. The van der Waals surface area contributed by atoms with Crippen molar-refractivity contribution in [3.63, 3.8) is 0 Å². The summed E-state index contributed by atoms with van der Waals surface area (Å²) in [6.07, 6.45) is 10.4. The lowest BCUT2D eigenvalue weighted by molar-refractivity contribution is -0.896. The van der Waals surface area contributed by atoms with Crippen molar-refractivity contribution in [2.45, 2.75) is 44.9 Å². The number of rotatable bonds is 4. The first-order valence-electron chi connectivity index (χ1n) is 8.50. The molecule has 0 bridgehead atoms. The van der Waals surface area contributed by atoms with Gasteiger partial charge in [0.1, 0.15) is 0 Å². The summed E-state index contributed by atoms with van der Waals surface area (Å²) < 4.78 is 2.51. The molecular formula is C17H36N2+2. The molecule has 2 aliphatic rings. The van der Waals surface area contributed by atoms with Crippen molar-refractivity contribution in [1.82, 2.24) is 0 Å². The van der Waals surface area contributed by atoms with Crippen LogP contribution in [0.3, 0.4) is 0 Å². The minimum atomic E-state index is 1.04. The molecule has 0 aliphatic carbocycles. The number of quaternary nitrogens is 2. The van der Waals surface area contributed by atoms with Crippen molar-refractivity contribution < 1.29 is 8.97 Å². The highest BCUT2D eigenvalue weighted by Gasteiger charge is 2.28. The monoisotopic (exact) mass is 268 g/mol. The first-order chi connectivity index (χ1) is 8.86. The van der Waals surface area contributed by atoms with Crippen LogP contribution in [0.2, 0.25) is 0 Å². The maximum Gasteiger partial charge on any atom is 0.0785 e. The van der Waals surface area contributed by atoms with Gasteiger partial charge in [-0.05, 0) is 37.5 Å². The predicted octanol–water partition coefficient (Wildman–Crippen LogP) is 3.13. The Kier molecular flexibility index (Phi) is 4.94. The third-order valence-corrected chi connectivity index (χ3v) is 5.80. The van der Waals surface area contributed by atoms with Crippen molar-refractivity contribution in [2.24, 2.45) is 11.8 Å². The summed E-state index contributed by atoms with van der Waals surface area (Å²) in [6.45, 7) is 5.61. The maximum absolute atomic E-state index is 2.39. The molecule has 0 amide bonds. The minimum absolute atomic E-state index is 1.04. The van der Waals surface area contributed by atoms with Gasteiger partial charge in [0.05, 0.1) is 54.4 Å². The Morgan fingerprint density at radius 2 is 0.947 bits per heavy atom. The molecule has 0 unspecified atom stereocenters. The summed E-state index contributed by atoms with van der Waals surface area (Å²) >= 11 is 0. The van der Waals surface area contributed by atoms with Gasteiger partial charge >= 0.3 is 0 Å². The number of nitrogens with zero attached hydrogens (tertiary/aromatic N) is 2. The third-order valence-electron chi connectivity index (χ3n) is 5.80.